The fourth-order valence-electron chi connectivity index (χ4n) is 3.86. The highest BCUT2D eigenvalue weighted by atomic mass is 35.5. The van der Waals surface area contributed by atoms with E-state index in [4.69, 9.17) is 11.6 Å². The number of nitrogens with zero attached hydrogens (tertiary/aromatic N) is 2. The summed E-state index contributed by atoms with van der Waals surface area (Å²) in [5, 5.41) is 3.22. The highest BCUT2D eigenvalue weighted by Crippen LogP contribution is 2.28. The van der Waals surface area contributed by atoms with Crippen molar-refractivity contribution in [3.63, 3.8) is 0 Å². The average Bonchev–Trinajstić information content (AvgIpc) is 2.88. The Bertz CT molecular complexity index is 1380. The van der Waals surface area contributed by atoms with Gasteiger partial charge in [0.25, 0.3) is 10.0 Å². The molecule has 3 aromatic rings. The van der Waals surface area contributed by atoms with Gasteiger partial charge in [-0.05, 0) is 70.0 Å². The van der Waals surface area contributed by atoms with Gasteiger partial charge in [-0.1, -0.05) is 65.7 Å². The van der Waals surface area contributed by atoms with Crippen molar-refractivity contribution in [2.75, 3.05) is 10.8 Å². The van der Waals surface area contributed by atoms with Gasteiger partial charge in [0.2, 0.25) is 11.8 Å². The van der Waals surface area contributed by atoms with Crippen LogP contribution in [0.2, 0.25) is 5.02 Å². The maximum absolute atomic E-state index is 13.9. The van der Waals surface area contributed by atoms with E-state index in [1.807, 2.05) is 52.0 Å². The first-order valence-electron chi connectivity index (χ1n) is 12.4. The molecular formula is C29H34ClN3O4S. The first-order chi connectivity index (χ1) is 17.9. The molecule has 3 rings (SSSR count). The highest BCUT2D eigenvalue weighted by Gasteiger charge is 2.32. The second-order valence-corrected chi connectivity index (χ2v) is 11.9. The number of sulfonamides is 1. The minimum atomic E-state index is -4.13. The lowest BCUT2D eigenvalue weighted by molar-refractivity contribution is -0.139. The predicted molar refractivity (Wildman–Crippen MR) is 152 cm³/mol. The van der Waals surface area contributed by atoms with Crippen molar-refractivity contribution in [2.24, 2.45) is 0 Å². The number of carbonyl (C=O) groups is 2. The minimum Gasteiger partial charge on any atom is -0.352 e. The summed E-state index contributed by atoms with van der Waals surface area (Å²) in [5.41, 5.74) is 2.92. The number of halogens is 1. The summed E-state index contributed by atoms with van der Waals surface area (Å²) in [5.74, 6) is -0.843. The number of aryl methyl sites for hydroxylation is 2. The first kappa shape index (κ1) is 29.2. The molecule has 1 N–H and O–H groups in total. The third-order valence-electron chi connectivity index (χ3n) is 6.13. The Labute approximate surface area is 230 Å². The number of nitrogens with one attached hydrogen (secondary N) is 1. The van der Waals surface area contributed by atoms with E-state index in [0.717, 1.165) is 21.0 Å². The SMILES string of the molecule is Cc1ccc(CN(C(=O)CN(c2ccc(C)c(Cl)c2)S(=O)(=O)c2ccccc2)C(C)C(=O)NC(C)C)cc1. The summed E-state index contributed by atoms with van der Waals surface area (Å²) in [6.45, 7) is 8.72. The van der Waals surface area contributed by atoms with Crippen LogP contribution in [0.1, 0.15) is 37.5 Å². The molecule has 2 amide bonds. The van der Waals surface area contributed by atoms with E-state index in [1.54, 1.807) is 37.3 Å². The molecule has 9 heteroatoms. The Morgan fingerprint density at radius 3 is 2.13 bits per heavy atom. The molecular weight excluding hydrogens is 522 g/mol. The largest absolute Gasteiger partial charge is 0.352 e. The van der Waals surface area contributed by atoms with Crippen molar-refractivity contribution >= 4 is 39.1 Å². The molecule has 0 heterocycles. The van der Waals surface area contributed by atoms with E-state index in [-0.39, 0.29) is 29.1 Å². The fourth-order valence-corrected chi connectivity index (χ4v) is 5.47. The van der Waals surface area contributed by atoms with E-state index in [2.05, 4.69) is 5.32 Å². The van der Waals surface area contributed by atoms with Crippen LogP contribution in [0.4, 0.5) is 5.69 Å². The topological polar surface area (TPSA) is 86.8 Å². The standard InChI is InChI=1S/C29H34ClN3O4S/c1-20(2)31-29(35)23(5)32(18-24-14-11-21(3)12-15-24)28(34)19-33(25-16-13-22(4)27(30)17-25)38(36,37)26-9-7-6-8-10-26/h6-17,20,23H,18-19H2,1-5H3,(H,31,35). The lowest BCUT2D eigenvalue weighted by atomic mass is 10.1. The van der Waals surface area contributed by atoms with Crippen LogP contribution in [0, 0.1) is 13.8 Å². The summed E-state index contributed by atoms with van der Waals surface area (Å²) in [4.78, 5) is 28.3. The number of rotatable bonds is 10. The van der Waals surface area contributed by atoms with Crippen LogP contribution in [0.25, 0.3) is 0 Å². The van der Waals surface area contributed by atoms with Gasteiger partial charge in [0.1, 0.15) is 12.6 Å². The van der Waals surface area contributed by atoms with Gasteiger partial charge in [0.05, 0.1) is 10.6 Å². The summed E-state index contributed by atoms with van der Waals surface area (Å²) in [7, 11) is -4.13. The van der Waals surface area contributed by atoms with Crippen LogP contribution in [0.5, 0.6) is 0 Å². The van der Waals surface area contributed by atoms with E-state index in [9.17, 15) is 18.0 Å². The smallest absolute Gasteiger partial charge is 0.264 e. The van der Waals surface area contributed by atoms with Crippen LogP contribution in [-0.2, 0) is 26.2 Å². The van der Waals surface area contributed by atoms with Gasteiger partial charge < -0.3 is 10.2 Å². The lowest BCUT2D eigenvalue weighted by Crippen LogP contribution is -2.52. The fraction of sp³-hybridized carbons (Fsp3) is 0.310. The molecule has 0 aliphatic rings. The molecule has 0 aliphatic carbocycles. The molecule has 0 fully saturated rings. The molecule has 0 saturated heterocycles. The molecule has 1 atom stereocenters. The molecule has 202 valence electrons. The van der Waals surface area contributed by atoms with Crippen molar-refractivity contribution in [2.45, 2.75) is 58.1 Å². The summed E-state index contributed by atoms with van der Waals surface area (Å²) in [6.07, 6.45) is 0. The van der Waals surface area contributed by atoms with Gasteiger partial charge in [-0.15, -0.1) is 0 Å². The Morgan fingerprint density at radius 2 is 1.55 bits per heavy atom. The normalized spacial score (nSPS) is 12.2. The van der Waals surface area contributed by atoms with Crippen LogP contribution in [0.15, 0.2) is 77.7 Å². The van der Waals surface area contributed by atoms with Crippen LogP contribution < -0.4 is 9.62 Å². The zero-order chi connectivity index (χ0) is 28.0. The van der Waals surface area contributed by atoms with Crippen molar-refractivity contribution in [3.05, 3.63) is 94.5 Å². The van der Waals surface area contributed by atoms with Crippen molar-refractivity contribution in [1.82, 2.24) is 10.2 Å². The van der Waals surface area contributed by atoms with Crippen LogP contribution >= 0.6 is 11.6 Å². The molecule has 0 aliphatic heterocycles. The molecule has 0 bridgehead atoms. The minimum absolute atomic E-state index is 0.0418. The van der Waals surface area contributed by atoms with Gasteiger partial charge in [0.15, 0.2) is 0 Å². The quantitative estimate of drug-likeness (QED) is 0.377. The molecule has 3 aromatic carbocycles. The van der Waals surface area contributed by atoms with Crippen molar-refractivity contribution in [3.8, 4) is 0 Å². The number of amides is 2. The maximum Gasteiger partial charge on any atom is 0.264 e. The molecule has 0 radical (unpaired) electrons. The van der Waals surface area contributed by atoms with E-state index >= 15 is 0 Å². The Morgan fingerprint density at radius 1 is 0.921 bits per heavy atom. The zero-order valence-electron chi connectivity index (χ0n) is 22.3. The Hall–Kier alpha value is -3.36. The average molecular weight is 556 g/mol. The monoisotopic (exact) mass is 555 g/mol. The molecule has 0 spiro atoms. The zero-order valence-corrected chi connectivity index (χ0v) is 23.9. The van der Waals surface area contributed by atoms with Crippen LogP contribution in [-0.4, -0.2) is 43.8 Å². The number of hydrogen-bond acceptors (Lipinski definition) is 4. The lowest BCUT2D eigenvalue weighted by Gasteiger charge is -2.32. The third kappa shape index (κ3) is 7.14. The van der Waals surface area contributed by atoms with E-state index in [0.29, 0.717) is 5.02 Å². The highest BCUT2D eigenvalue weighted by molar-refractivity contribution is 7.92. The predicted octanol–water partition coefficient (Wildman–Crippen LogP) is 5.09. The van der Waals surface area contributed by atoms with E-state index < -0.39 is 28.5 Å². The van der Waals surface area contributed by atoms with Gasteiger partial charge in [-0.2, -0.15) is 0 Å². The Balaban J connectivity index is 2.04. The van der Waals surface area contributed by atoms with Gasteiger partial charge >= 0.3 is 0 Å². The summed E-state index contributed by atoms with van der Waals surface area (Å²) in [6, 6.07) is 19.5. The molecule has 1 unspecified atom stereocenters. The van der Waals surface area contributed by atoms with Crippen LogP contribution in [0.3, 0.4) is 0 Å². The molecule has 0 saturated carbocycles. The maximum atomic E-state index is 13.9. The summed E-state index contributed by atoms with van der Waals surface area (Å²) < 4.78 is 28.6. The van der Waals surface area contributed by atoms with Gasteiger partial charge in [0, 0.05) is 17.6 Å². The Kier molecular flexibility index (Phi) is 9.57. The second-order valence-electron chi connectivity index (χ2n) is 9.60. The number of hydrogen-bond donors (Lipinski definition) is 1. The van der Waals surface area contributed by atoms with Gasteiger partial charge in [-0.25, -0.2) is 8.42 Å². The second kappa shape index (κ2) is 12.5. The molecule has 7 nitrogen and oxygen atoms in total. The number of benzene rings is 3. The van der Waals surface area contributed by atoms with Crippen molar-refractivity contribution in [1.29, 1.82) is 0 Å². The van der Waals surface area contributed by atoms with Gasteiger partial charge in [-0.3, -0.25) is 13.9 Å². The molecule has 0 aromatic heterocycles. The molecule has 38 heavy (non-hydrogen) atoms. The summed E-state index contributed by atoms with van der Waals surface area (Å²) >= 11 is 6.34. The number of carbonyl (C=O) groups excluding carboxylic acids is 2. The number of anilines is 1. The third-order valence-corrected chi connectivity index (χ3v) is 8.32. The van der Waals surface area contributed by atoms with Crippen molar-refractivity contribution < 1.29 is 18.0 Å². The van der Waals surface area contributed by atoms with E-state index in [1.165, 1.54) is 23.1 Å². The first-order valence-corrected chi connectivity index (χ1v) is 14.2.